The Morgan fingerprint density at radius 3 is 2.59 bits per heavy atom. The third-order valence-corrected chi connectivity index (χ3v) is 3.56. The third kappa shape index (κ3) is 2.96. The van der Waals surface area contributed by atoms with E-state index >= 15 is 0 Å². The normalized spacial score (nSPS) is 20.9. The molecule has 0 saturated carbocycles. The summed E-state index contributed by atoms with van der Waals surface area (Å²) in [6, 6.07) is 1.70. The molecule has 1 fully saturated rings. The zero-order valence-corrected chi connectivity index (χ0v) is 12.8. The van der Waals surface area contributed by atoms with Crippen molar-refractivity contribution < 1.29 is 14.2 Å². The van der Waals surface area contributed by atoms with Gasteiger partial charge in [-0.2, -0.15) is 15.1 Å². The van der Waals surface area contributed by atoms with Crippen LogP contribution in [0.15, 0.2) is 18.5 Å². The second kappa shape index (κ2) is 6.18. The highest BCUT2D eigenvalue weighted by atomic mass is 16.5. The van der Waals surface area contributed by atoms with Crippen molar-refractivity contribution in [2.75, 3.05) is 26.1 Å². The fourth-order valence-corrected chi connectivity index (χ4v) is 2.50. The topological polar surface area (TPSA) is 83.3 Å². The van der Waals surface area contributed by atoms with Crippen LogP contribution in [0.2, 0.25) is 0 Å². The summed E-state index contributed by atoms with van der Waals surface area (Å²) in [6.07, 6.45) is 4.56. The molecule has 0 amide bonds. The summed E-state index contributed by atoms with van der Waals surface area (Å²) in [4.78, 5) is 8.59. The predicted octanol–water partition coefficient (Wildman–Crippen LogP) is 1.17. The van der Waals surface area contributed by atoms with Gasteiger partial charge in [0.1, 0.15) is 6.10 Å². The minimum Gasteiger partial charge on any atom is -0.481 e. The van der Waals surface area contributed by atoms with E-state index in [0.717, 1.165) is 12.0 Å². The highest BCUT2D eigenvalue weighted by Crippen LogP contribution is 2.31. The van der Waals surface area contributed by atoms with Gasteiger partial charge in [-0.15, -0.1) is 0 Å². The average molecular weight is 305 g/mol. The Balaban J connectivity index is 1.79. The van der Waals surface area contributed by atoms with E-state index in [1.165, 1.54) is 0 Å². The summed E-state index contributed by atoms with van der Waals surface area (Å²) in [6.45, 7) is 0.679. The van der Waals surface area contributed by atoms with Crippen LogP contribution in [0.25, 0.3) is 0 Å². The smallest absolute Gasteiger partial charge is 0.229 e. The Hall–Kier alpha value is -2.35. The maximum absolute atomic E-state index is 5.82. The number of hydrogen-bond donors (Lipinski definition) is 1. The highest BCUT2D eigenvalue weighted by molar-refractivity contribution is 5.36. The van der Waals surface area contributed by atoms with Gasteiger partial charge in [-0.3, -0.25) is 4.68 Å². The fourth-order valence-electron chi connectivity index (χ4n) is 2.50. The van der Waals surface area contributed by atoms with Crippen LogP contribution in [-0.2, 0) is 11.8 Å². The van der Waals surface area contributed by atoms with Crippen LogP contribution in [0.1, 0.15) is 18.1 Å². The van der Waals surface area contributed by atoms with Gasteiger partial charge in [-0.1, -0.05) is 0 Å². The number of aromatic nitrogens is 4. The first kappa shape index (κ1) is 14.6. The molecular formula is C14H19N5O3. The molecule has 1 aliphatic heterocycles. The van der Waals surface area contributed by atoms with Crippen molar-refractivity contribution in [2.45, 2.75) is 18.6 Å². The average Bonchev–Trinajstić information content (AvgIpc) is 3.15. The molecule has 1 saturated heterocycles. The van der Waals surface area contributed by atoms with E-state index < -0.39 is 0 Å². The van der Waals surface area contributed by atoms with Crippen LogP contribution in [-0.4, -0.2) is 46.6 Å². The predicted molar refractivity (Wildman–Crippen MR) is 79.1 cm³/mol. The lowest BCUT2D eigenvalue weighted by atomic mass is 10.1. The number of rotatable bonds is 5. The minimum atomic E-state index is -0.0745. The summed E-state index contributed by atoms with van der Waals surface area (Å²) in [5, 5.41) is 7.50. The molecule has 3 heterocycles. The Kier molecular flexibility index (Phi) is 4.10. The Labute approximate surface area is 128 Å². The SMILES string of the molecule is COc1cc(OC)nc(N[C@H]2CCO[C@@H]2c2cnn(C)c2)n1. The Morgan fingerprint density at radius 2 is 2.00 bits per heavy atom. The minimum absolute atomic E-state index is 0.0704. The lowest BCUT2D eigenvalue weighted by Crippen LogP contribution is -2.24. The van der Waals surface area contributed by atoms with Gasteiger partial charge in [-0.25, -0.2) is 0 Å². The molecule has 8 heteroatoms. The molecule has 2 aromatic rings. The van der Waals surface area contributed by atoms with Crippen LogP contribution >= 0.6 is 0 Å². The summed E-state index contributed by atoms with van der Waals surface area (Å²) >= 11 is 0. The molecule has 118 valence electrons. The van der Waals surface area contributed by atoms with Crippen LogP contribution in [0.4, 0.5) is 5.95 Å². The van der Waals surface area contributed by atoms with Gasteiger partial charge in [0.05, 0.1) is 32.5 Å². The van der Waals surface area contributed by atoms with Gasteiger partial charge in [0.25, 0.3) is 0 Å². The lowest BCUT2D eigenvalue weighted by Gasteiger charge is -2.19. The maximum atomic E-state index is 5.82. The number of anilines is 1. The number of aryl methyl sites for hydroxylation is 1. The lowest BCUT2D eigenvalue weighted by molar-refractivity contribution is 0.107. The van der Waals surface area contributed by atoms with Crippen molar-refractivity contribution >= 4 is 5.95 Å². The number of hydrogen-bond acceptors (Lipinski definition) is 7. The van der Waals surface area contributed by atoms with E-state index in [2.05, 4.69) is 20.4 Å². The largest absolute Gasteiger partial charge is 0.481 e. The second-order valence-electron chi connectivity index (χ2n) is 5.05. The van der Waals surface area contributed by atoms with E-state index in [1.807, 2.05) is 19.4 Å². The van der Waals surface area contributed by atoms with Crippen LogP contribution in [0.3, 0.4) is 0 Å². The quantitative estimate of drug-likeness (QED) is 0.887. The van der Waals surface area contributed by atoms with E-state index in [0.29, 0.717) is 24.3 Å². The Bertz CT molecular complexity index is 623. The van der Waals surface area contributed by atoms with Crippen molar-refractivity contribution in [1.29, 1.82) is 0 Å². The second-order valence-corrected chi connectivity index (χ2v) is 5.05. The van der Waals surface area contributed by atoms with Crippen molar-refractivity contribution in [2.24, 2.45) is 7.05 Å². The van der Waals surface area contributed by atoms with Crippen molar-refractivity contribution in [1.82, 2.24) is 19.7 Å². The molecule has 1 aliphatic rings. The molecule has 2 aromatic heterocycles. The molecule has 3 rings (SSSR count). The first-order chi connectivity index (χ1) is 10.7. The number of ether oxygens (including phenoxy) is 3. The van der Waals surface area contributed by atoms with E-state index in [4.69, 9.17) is 14.2 Å². The summed E-state index contributed by atoms with van der Waals surface area (Å²) < 4.78 is 17.9. The molecule has 2 atom stereocenters. The van der Waals surface area contributed by atoms with Crippen LogP contribution in [0, 0.1) is 0 Å². The number of methoxy groups -OCH3 is 2. The van der Waals surface area contributed by atoms with Crippen molar-refractivity contribution in [3.8, 4) is 11.8 Å². The van der Waals surface area contributed by atoms with Gasteiger partial charge < -0.3 is 19.5 Å². The van der Waals surface area contributed by atoms with E-state index in [9.17, 15) is 0 Å². The first-order valence-electron chi connectivity index (χ1n) is 7.03. The standard InChI is InChI=1S/C14H19N5O3/c1-19-8-9(7-15-19)13-10(4-5-22-13)16-14-17-11(20-2)6-12(18-14)21-3/h6-8,10,13H,4-5H2,1-3H3,(H,16,17,18)/t10-,13+/m0/s1. The molecule has 8 nitrogen and oxygen atoms in total. The van der Waals surface area contributed by atoms with Crippen LogP contribution in [0.5, 0.6) is 11.8 Å². The monoisotopic (exact) mass is 305 g/mol. The third-order valence-electron chi connectivity index (χ3n) is 3.56. The zero-order valence-electron chi connectivity index (χ0n) is 12.8. The van der Waals surface area contributed by atoms with E-state index in [1.54, 1.807) is 25.0 Å². The summed E-state index contributed by atoms with van der Waals surface area (Å²) in [5.41, 5.74) is 1.03. The highest BCUT2D eigenvalue weighted by Gasteiger charge is 2.31. The Morgan fingerprint density at radius 1 is 1.27 bits per heavy atom. The molecule has 0 aromatic carbocycles. The first-order valence-corrected chi connectivity index (χ1v) is 7.03. The van der Waals surface area contributed by atoms with Crippen molar-refractivity contribution in [3.05, 3.63) is 24.0 Å². The molecule has 0 unspecified atom stereocenters. The summed E-state index contributed by atoms with van der Waals surface area (Å²) in [7, 11) is 5.00. The van der Waals surface area contributed by atoms with Crippen LogP contribution < -0.4 is 14.8 Å². The number of nitrogens with one attached hydrogen (secondary N) is 1. The molecular weight excluding hydrogens is 286 g/mol. The van der Waals surface area contributed by atoms with E-state index in [-0.39, 0.29) is 12.1 Å². The van der Waals surface area contributed by atoms with Gasteiger partial charge in [0, 0.05) is 25.4 Å². The maximum Gasteiger partial charge on any atom is 0.229 e. The number of nitrogens with zero attached hydrogens (tertiary/aromatic N) is 4. The molecule has 0 bridgehead atoms. The van der Waals surface area contributed by atoms with Gasteiger partial charge in [-0.05, 0) is 6.42 Å². The van der Waals surface area contributed by atoms with Gasteiger partial charge >= 0.3 is 0 Å². The zero-order chi connectivity index (χ0) is 15.5. The molecule has 0 spiro atoms. The molecule has 0 radical (unpaired) electrons. The fraction of sp³-hybridized carbons (Fsp3) is 0.500. The summed E-state index contributed by atoms with van der Waals surface area (Å²) in [5.74, 6) is 1.36. The van der Waals surface area contributed by atoms with Gasteiger partial charge in [0.2, 0.25) is 17.7 Å². The molecule has 22 heavy (non-hydrogen) atoms. The molecule has 0 aliphatic carbocycles. The van der Waals surface area contributed by atoms with Crippen molar-refractivity contribution in [3.63, 3.8) is 0 Å². The van der Waals surface area contributed by atoms with Gasteiger partial charge in [0.15, 0.2) is 0 Å². The molecule has 1 N–H and O–H groups in total.